The number of rotatable bonds is 6. The molecule has 0 radical (unpaired) electrons. The Morgan fingerprint density at radius 3 is 2.69 bits per heavy atom. The molecule has 0 fully saturated rings. The molecule has 0 N–H and O–H groups in total. The zero-order valence-electron chi connectivity index (χ0n) is 10.4. The van der Waals surface area contributed by atoms with Crippen LogP contribution in [-0.2, 0) is 6.42 Å². The highest BCUT2D eigenvalue weighted by Crippen LogP contribution is 2.20. The summed E-state index contributed by atoms with van der Waals surface area (Å²) in [6, 6.07) is 6.57. The predicted molar refractivity (Wildman–Crippen MR) is 75.9 cm³/mol. The van der Waals surface area contributed by atoms with Crippen LogP contribution in [0.5, 0.6) is 0 Å². The SMILES string of the molecule is C=C(CCCCC)Cc1ccc(C)c(Br)c1. The maximum Gasteiger partial charge on any atom is 0.0207 e. The van der Waals surface area contributed by atoms with Gasteiger partial charge in [-0.3, -0.25) is 0 Å². The lowest BCUT2D eigenvalue weighted by atomic mass is 10.0. The lowest BCUT2D eigenvalue weighted by molar-refractivity contribution is 0.706. The van der Waals surface area contributed by atoms with E-state index in [1.807, 2.05) is 0 Å². The van der Waals surface area contributed by atoms with Crippen LogP contribution in [-0.4, -0.2) is 0 Å². The van der Waals surface area contributed by atoms with Crippen LogP contribution < -0.4 is 0 Å². The molecule has 0 aliphatic carbocycles. The van der Waals surface area contributed by atoms with Crippen molar-refractivity contribution in [1.82, 2.24) is 0 Å². The Bertz CT molecular complexity index is 352. The molecule has 1 aromatic carbocycles. The number of halogens is 1. The van der Waals surface area contributed by atoms with Crippen molar-refractivity contribution in [2.24, 2.45) is 0 Å². The fraction of sp³-hybridized carbons (Fsp3) is 0.467. The molecule has 1 heteroatoms. The standard InChI is InChI=1S/C15H21Br/c1-4-5-6-7-12(2)10-14-9-8-13(3)15(16)11-14/h8-9,11H,2,4-7,10H2,1,3H3. The third-order valence-corrected chi connectivity index (χ3v) is 3.68. The summed E-state index contributed by atoms with van der Waals surface area (Å²) < 4.78 is 1.20. The zero-order valence-corrected chi connectivity index (χ0v) is 11.9. The number of hydrogen-bond acceptors (Lipinski definition) is 0. The molecular weight excluding hydrogens is 260 g/mol. The number of hydrogen-bond donors (Lipinski definition) is 0. The van der Waals surface area contributed by atoms with Gasteiger partial charge < -0.3 is 0 Å². The van der Waals surface area contributed by atoms with Gasteiger partial charge in [0.05, 0.1) is 0 Å². The maximum absolute atomic E-state index is 4.16. The van der Waals surface area contributed by atoms with E-state index in [0.29, 0.717) is 0 Å². The molecule has 0 amide bonds. The fourth-order valence-electron chi connectivity index (χ4n) is 1.75. The molecule has 0 atom stereocenters. The van der Waals surface area contributed by atoms with Crippen molar-refractivity contribution in [3.05, 3.63) is 46.0 Å². The minimum absolute atomic E-state index is 1.02. The third-order valence-electron chi connectivity index (χ3n) is 2.82. The first-order valence-corrected chi connectivity index (χ1v) is 6.84. The average molecular weight is 281 g/mol. The van der Waals surface area contributed by atoms with E-state index in [-0.39, 0.29) is 0 Å². The van der Waals surface area contributed by atoms with E-state index >= 15 is 0 Å². The zero-order chi connectivity index (χ0) is 12.0. The van der Waals surface area contributed by atoms with Crippen molar-refractivity contribution in [2.45, 2.75) is 46.0 Å². The fourth-order valence-corrected chi connectivity index (χ4v) is 2.17. The maximum atomic E-state index is 4.16. The highest BCUT2D eigenvalue weighted by atomic mass is 79.9. The molecule has 0 unspecified atom stereocenters. The van der Waals surface area contributed by atoms with E-state index in [1.54, 1.807) is 0 Å². The smallest absolute Gasteiger partial charge is 0.0207 e. The van der Waals surface area contributed by atoms with Crippen LogP contribution in [0, 0.1) is 6.92 Å². The van der Waals surface area contributed by atoms with Crippen molar-refractivity contribution in [3.8, 4) is 0 Å². The minimum atomic E-state index is 1.02. The topological polar surface area (TPSA) is 0 Å². The van der Waals surface area contributed by atoms with Gasteiger partial charge in [0.15, 0.2) is 0 Å². The van der Waals surface area contributed by atoms with Crippen molar-refractivity contribution in [2.75, 3.05) is 0 Å². The van der Waals surface area contributed by atoms with Crippen LogP contribution in [0.2, 0.25) is 0 Å². The summed E-state index contributed by atoms with van der Waals surface area (Å²) in [6.07, 6.45) is 6.06. The second kappa shape index (κ2) is 6.90. The molecule has 0 aromatic heterocycles. The van der Waals surface area contributed by atoms with E-state index < -0.39 is 0 Å². The molecule has 16 heavy (non-hydrogen) atoms. The monoisotopic (exact) mass is 280 g/mol. The van der Waals surface area contributed by atoms with Gasteiger partial charge in [0, 0.05) is 4.47 Å². The van der Waals surface area contributed by atoms with Crippen LogP contribution >= 0.6 is 15.9 Å². The summed E-state index contributed by atoms with van der Waals surface area (Å²) in [6.45, 7) is 8.51. The average Bonchev–Trinajstić information content (AvgIpc) is 2.24. The lowest BCUT2D eigenvalue weighted by Crippen LogP contribution is -1.91. The summed E-state index contributed by atoms with van der Waals surface area (Å²) in [4.78, 5) is 0. The van der Waals surface area contributed by atoms with Gasteiger partial charge in [-0.1, -0.05) is 60.0 Å². The van der Waals surface area contributed by atoms with Crippen molar-refractivity contribution >= 4 is 15.9 Å². The normalized spacial score (nSPS) is 10.4. The number of unbranched alkanes of at least 4 members (excludes halogenated alkanes) is 2. The van der Waals surface area contributed by atoms with E-state index in [9.17, 15) is 0 Å². The Morgan fingerprint density at radius 2 is 2.06 bits per heavy atom. The van der Waals surface area contributed by atoms with Gasteiger partial charge in [-0.15, -0.1) is 0 Å². The Labute approximate surface area is 108 Å². The molecule has 0 bridgehead atoms. The van der Waals surface area contributed by atoms with Gasteiger partial charge in [-0.05, 0) is 43.4 Å². The largest absolute Gasteiger partial charge is 0.0995 e. The Morgan fingerprint density at radius 1 is 1.31 bits per heavy atom. The summed E-state index contributed by atoms with van der Waals surface area (Å²) in [7, 11) is 0. The van der Waals surface area contributed by atoms with E-state index in [2.05, 4.69) is 54.6 Å². The summed E-state index contributed by atoms with van der Waals surface area (Å²) in [5, 5.41) is 0. The molecule has 0 heterocycles. The second-order valence-corrected chi connectivity index (χ2v) is 5.32. The summed E-state index contributed by atoms with van der Waals surface area (Å²) >= 11 is 3.57. The molecule has 1 rings (SSSR count). The first-order chi connectivity index (χ1) is 7.63. The molecule has 0 saturated carbocycles. The van der Waals surface area contributed by atoms with Crippen molar-refractivity contribution in [1.29, 1.82) is 0 Å². The van der Waals surface area contributed by atoms with E-state index in [0.717, 1.165) is 6.42 Å². The van der Waals surface area contributed by atoms with Gasteiger partial charge in [0.2, 0.25) is 0 Å². The molecule has 1 aromatic rings. The minimum Gasteiger partial charge on any atom is -0.0995 e. The molecule has 0 nitrogen and oxygen atoms in total. The Balaban J connectivity index is 2.46. The van der Waals surface area contributed by atoms with Crippen LogP contribution in [0.3, 0.4) is 0 Å². The number of aryl methyl sites for hydroxylation is 1. The first-order valence-electron chi connectivity index (χ1n) is 6.05. The molecular formula is C15H21Br. The Hall–Kier alpha value is -0.560. The van der Waals surface area contributed by atoms with Gasteiger partial charge in [0.25, 0.3) is 0 Å². The summed E-state index contributed by atoms with van der Waals surface area (Å²) in [5.74, 6) is 0. The summed E-state index contributed by atoms with van der Waals surface area (Å²) in [5.41, 5.74) is 4.00. The number of benzene rings is 1. The molecule has 0 spiro atoms. The first kappa shape index (κ1) is 13.5. The van der Waals surface area contributed by atoms with Gasteiger partial charge in [0.1, 0.15) is 0 Å². The van der Waals surface area contributed by atoms with Gasteiger partial charge in [-0.25, -0.2) is 0 Å². The van der Waals surface area contributed by atoms with E-state index in [1.165, 1.54) is 46.9 Å². The molecule has 0 aliphatic heterocycles. The quantitative estimate of drug-likeness (QED) is 0.481. The lowest BCUT2D eigenvalue weighted by Gasteiger charge is -2.07. The highest BCUT2D eigenvalue weighted by molar-refractivity contribution is 9.10. The second-order valence-electron chi connectivity index (χ2n) is 4.47. The van der Waals surface area contributed by atoms with Crippen LogP contribution in [0.4, 0.5) is 0 Å². The highest BCUT2D eigenvalue weighted by Gasteiger charge is 2.00. The number of allylic oxidation sites excluding steroid dienone is 1. The molecule has 0 aliphatic rings. The molecule has 0 saturated heterocycles. The Kier molecular flexibility index (Phi) is 5.83. The van der Waals surface area contributed by atoms with Crippen molar-refractivity contribution < 1.29 is 0 Å². The predicted octanol–water partition coefficient (Wildman–Crippen LogP) is 5.44. The van der Waals surface area contributed by atoms with Crippen LogP contribution in [0.15, 0.2) is 34.8 Å². The van der Waals surface area contributed by atoms with Crippen molar-refractivity contribution in [3.63, 3.8) is 0 Å². The van der Waals surface area contributed by atoms with Crippen LogP contribution in [0.25, 0.3) is 0 Å². The molecule has 88 valence electrons. The van der Waals surface area contributed by atoms with Gasteiger partial charge >= 0.3 is 0 Å². The van der Waals surface area contributed by atoms with Gasteiger partial charge in [-0.2, -0.15) is 0 Å². The third kappa shape index (κ3) is 4.52. The van der Waals surface area contributed by atoms with Crippen LogP contribution in [0.1, 0.15) is 43.7 Å². The van der Waals surface area contributed by atoms with E-state index in [4.69, 9.17) is 0 Å².